The van der Waals surface area contributed by atoms with Crippen molar-refractivity contribution in [1.82, 2.24) is 9.97 Å². The molecule has 18 heavy (non-hydrogen) atoms. The quantitative estimate of drug-likeness (QED) is 0.811. The number of nitrogens with one attached hydrogen (secondary N) is 1. The third kappa shape index (κ3) is 3.19. The fourth-order valence-corrected chi connectivity index (χ4v) is 2.24. The lowest BCUT2D eigenvalue weighted by Gasteiger charge is -2.30. The highest BCUT2D eigenvalue weighted by atomic mass is 16.5. The summed E-state index contributed by atoms with van der Waals surface area (Å²) in [4.78, 5) is 19.1. The van der Waals surface area contributed by atoms with Gasteiger partial charge in [-0.2, -0.15) is 0 Å². The van der Waals surface area contributed by atoms with E-state index in [0.29, 0.717) is 12.4 Å². The first-order chi connectivity index (χ1) is 8.61. The van der Waals surface area contributed by atoms with Crippen molar-refractivity contribution < 1.29 is 4.74 Å². The molecule has 0 aliphatic rings. The van der Waals surface area contributed by atoms with Gasteiger partial charge in [-0.05, 0) is 26.2 Å². The minimum Gasteiger partial charge on any atom is -0.367 e. The summed E-state index contributed by atoms with van der Waals surface area (Å²) in [7, 11) is 0. The van der Waals surface area contributed by atoms with Crippen LogP contribution in [0.1, 0.15) is 58.5 Å². The normalized spacial score (nSPS) is 11.8. The van der Waals surface area contributed by atoms with Crippen LogP contribution in [-0.2, 0) is 16.8 Å². The van der Waals surface area contributed by atoms with Crippen LogP contribution in [-0.4, -0.2) is 16.6 Å². The average molecular weight is 252 g/mol. The van der Waals surface area contributed by atoms with Crippen LogP contribution in [0.4, 0.5) is 0 Å². The van der Waals surface area contributed by atoms with Gasteiger partial charge in [0.05, 0.1) is 0 Å². The zero-order valence-electron chi connectivity index (χ0n) is 11.9. The maximum absolute atomic E-state index is 11.7. The lowest BCUT2D eigenvalue weighted by atomic mass is 9.95. The lowest BCUT2D eigenvalue weighted by molar-refractivity contribution is -0.0574. The van der Waals surface area contributed by atoms with Gasteiger partial charge in [-0.1, -0.05) is 27.2 Å². The Balaban J connectivity index is 3.23. The largest absolute Gasteiger partial charge is 0.367 e. The molecule has 0 spiro atoms. The molecule has 1 heterocycles. The van der Waals surface area contributed by atoms with Crippen molar-refractivity contribution in [3.63, 3.8) is 0 Å². The van der Waals surface area contributed by atoms with Crippen molar-refractivity contribution in [2.24, 2.45) is 0 Å². The highest BCUT2D eigenvalue weighted by Crippen LogP contribution is 2.30. The van der Waals surface area contributed by atoms with Crippen LogP contribution < -0.4 is 5.56 Å². The van der Waals surface area contributed by atoms with Crippen LogP contribution in [0.3, 0.4) is 0 Å². The fraction of sp³-hybridized carbons (Fsp3) is 0.714. The van der Waals surface area contributed by atoms with Gasteiger partial charge in [0.2, 0.25) is 0 Å². The van der Waals surface area contributed by atoms with Crippen molar-refractivity contribution in [3.8, 4) is 0 Å². The Morgan fingerprint density at radius 2 is 1.94 bits per heavy atom. The second kappa shape index (κ2) is 6.69. The van der Waals surface area contributed by atoms with E-state index in [-0.39, 0.29) is 5.56 Å². The summed E-state index contributed by atoms with van der Waals surface area (Å²) in [6.45, 7) is 8.78. The highest BCUT2D eigenvalue weighted by molar-refractivity contribution is 5.09. The third-order valence-electron chi connectivity index (χ3n) is 3.30. The standard InChI is InChI=1S/C14H24N2O2/c1-5-9-11-10-12(17)16-13(15-11)14(6-2,7-3)18-8-4/h10H,5-9H2,1-4H3,(H,15,16,17). The summed E-state index contributed by atoms with van der Waals surface area (Å²) >= 11 is 0. The Labute approximate surface area is 109 Å². The molecule has 0 saturated carbocycles. The lowest BCUT2D eigenvalue weighted by Crippen LogP contribution is -2.33. The first-order valence-corrected chi connectivity index (χ1v) is 6.86. The molecule has 0 saturated heterocycles. The molecule has 1 aromatic heterocycles. The van der Waals surface area contributed by atoms with Crippen molar-refractivity contribution in [3.05, 3.63) is 27.9 Å². The Morgan fingerprint density at radius 1 is 1.28 bits per heavy atom. The van der Waals surface area contributed by atoms with Crippen molar-refractivity contribution in [2.45, 2.75) is 59.0 Å². The van der Waals surface area contributed by atoms with Gasteiger partial charge in [0.15, 0.2) is 0 Å². The topological polar surface area (TPSA) is 55.0 Å². The van der Waals surface area contributed by atoms with E-state index in [4.69, 9.17) is 4.74 Å². The Morgan fingerprint density at radius 3 is 2.44 bits per heavy atom. The van der Waals surface area contributed by atoms with Crippen molar-refractivity contribution in [2.75, 3.05) is 6.61 Å². The SMILES string of the molecule is CCCc1cc(=O)[nH]c(C(CC)(CC)OCC)n1. The molecule has 0 radical (unpaired) electrons. The van der Waals surface area contributed by atoms with Crippen LogP contribution in [0.5, 0.6) is 0 Å². The summed E-state index contributed by atoms with van der Waals surface area (Å²) < 4.78 is 5.87. The van der Waals surface area contributed by atoms with Gasteiger partial charge < -0.3 is 9.72 Å². The number of aromatic nitrogens is 2. The number of H-pyrrole nitrogens is 1. The number of hydrogen-bond donors (Lipinski definition) is 1. The molecule has 0 fully saturated rings. The highest BCUT2D eigenvalue weighted by Gasteiger charge is 2.31. The molecule has 0 aliphatic heterocycles. The summed E-state index contributed by atoms with van der Waals surface area (Å²) in [5.74, 6) is 0.672. The van der Waals surface area contributed by atoms with Crippen molar-refractivity contribution >= 4 is 0 Å². The second-order valence-electron chi connectivity index (χ2n) is 4.47. The molecule has 0 amide bonds. The number of rotatable bonds is 7. The van der Waals surface area contributed by atoms with Crippen LogP contribution in [0.15, 0.2) is 10.9 Å². The fourth-order valence-electron chi connectivity index (χ4n) is 2.24. The first-order valence-electron chi connectivity index (χ1n) is 6.86. The zero-order valence-corrected chi connectivity index (χ0v) is 11.9. The first kappa shape index (κ1) is 14.9. The third-order valence-corrected chi connectivity index (χ3v) is 3.30. The number of hydrogen-bond acceptors (Lipinski definition) is 3. The van der Waals surface area contributed by atoms with Crippen molar-refractivity contribution in [1.29, 1.82) is 0 Å². The molecule has 1 rings (SSSR count). The van der Waals surface area contributed by atoms with Gasteiger partial charge >= 0.3 is 0 Å². The summed E-state index contributed by atoms with van der Waals surface area (Å²) in [6, 6.07) is 1.58. The number of ether oxygens (including phenoxy) is 1. The Hall–Kier alpha value is -1.16. The predicted molar refractivity (Wildman–Crippen MR) is 72.7 cm³/mol. The molecule has 0 atom stereocenters. The van der Waals surface area contributed by atoms with Gasteiger partial charge in [0, 0.05) is 18.4 Å². The minimum atomic E-state index is -0.461. The molecule has 0 unspecified atom stereocenters. The smallest absolute Gasteiger partial charge is 0.251 e. The number of aryl methyl sites for hydroxylation is 1. The van der Waals surface area contributed by atoms with Gasteiger partial charge in [-0.15, -0.1) is 0 Å². The summed E-state index contributed by atoms with van der Waals surface area (Å²) in [5, 5.41) is 0. The second-order valence-corrected chi connectivity index (χ2v) is 4.47. The van der Waals surface area contributed by atoms with E-state index in [0.717, 1.165) is 31.4 Å². The van der Waals surface area contributed by atoms with E-state index >= 15 is 0 Å². The molecule has 102 valence electrons. The van der Waals surface area contributed by atoms with Gasteiger partial charge in [0.1, 0.15) is 11.4 Å². The number of aromatic amines is 1. The molecule has 1 N–H and O–H groups in total. The Bertz CT molecular complexity index is 422. The van der Waals surface area contributed by atoms with E-state index in [2.05, 4.69) is 30.7 Å². The van der Waals surface area contributed by atoms with E-state index in [1.807, 2.05) is 6.92 Å². The molecule has 0 bridgehead atoms. The Kier molecular flexibility index (Phi) is 5.54. The molecular weight excluding hydrogens is 228 g/mol. The van der Waals surface area contributed by atoms with Gasteiger partial charge in [-0.25, -0.2) is 4.98 Å². The summed E-state index contributed by atoms with van der Waals surface area (Å²) in [5.41, 5.74) is 0.300. The van der Waals surface area contributed by atoms with E-state index < -0.39 is 5.60 Å². The van der Waals surface area contributed by atoms with E-state index in [1.165, 1.54) is 0 Å². The molecule has 4 heteroatoms. The van der Waals surface area contributed by atoms with Crippen LogP contribution in [0.2, 0.25) is 0 Å². The van der Waals surface area contributed by atoms with Crippen LogP contribution in [0, 0.1) is 0 Å². The van der Waals surface area contributed by atoms with Crippen LogP contribution in [0.25, 0.3) is 0 Å². The van der Waals surface area contributed by atoms with Gasteiger partial charge in [-0.3, -0.25) is 4.79 Å². The predicted octanol–water partition coefficient (Wildman–Crippen LogP) is 2.77. The van der Waals surface area contributed by atoms with Crippen LogP contribution >= 0.6 is 0 Å². The average Bonchev–Trinajstić information content (AvgIpc) is 2.36. The number of nitrogens with zero attached hydrogens (tertiary/aromatic N) is 1. The molecule has 0 aliphatic carbocycles. The maximum Gasteiger partial charge on any atom is 0.251 e. The van der Waals surface area contributed by atoms with E-state index in [9.17, 15) is 4.79 Å². The zero-order chi connectivity index (χ0) is 13.6. The molecular formula is C14H24N2O2. The molecule has 1 aromatic rings. The maximum atomic E-state index is 11.7. The molecule has 4 nitrogen and oxygen atoms in total. The minimum absolute atomic E-state index is 0.0885. The summed E-state index contributed by atoms with van der Waals surface area (Å²) in [6.07, 6.45) is 3.41. The van der Waals surface area contributed by atoms with Gasteiger partial charge in [0.25, 0.3) is 5.56 Å². The molecule has 0 aromatic carbocycles. The monoisotopic (exact) mass is 252 g/mol. The van der Waals surface area contributed by atoms with E-state index in [1.54, 1.807) is 6.07 Å².